The third-order valence-corrected chi connectivity index (χ3v) is 2.91. The summed E-state index contributed by atoms with van der Waals surface area (Å²) >= 11 is 0. The molecule has 0 amide bonds. The molecule has 0 bridgehead atoms. The van der Waals surface area contributed by atoms with Crippen molar-refractivity contribution in [1.29, 1.82) is 0 Å². The first kappa shape index (κ1) is 12.3. The molecule has 4 unspecified atom stereocenters. The van der Waals surface area contributed by atoms with Crippen LogP contribution in [0.4, 0.5) is 0 Å². The van der Waals surface area contributed by atoms with Gasteiger partial charge in [-0.2, -0.15) is 4.99 Å². The minimum Gasteiger partial charge on any atom is -0.379 e. The highest BCUT2D eigenvalue weighted by Gasteiger charge is 2.37. The van der Waals surface area contributed by atoms with Crippen LogP contribution in [0.2, 0.25) is 0 Å². The van der Waals surface area contributed by atoms with Crippen LogP contribution in [0.15, 0.2) is 4.99 Å². The van der Waals surface area contributed by atoms with Gasteiger partial charge in [-0.15, -0.1) is 0 Å². The molecule has 0 radical (unpaired) electrons. The van der Waals surface area contributed by atoms with Crippen molar-refractivity contribution in [2.45, 2.75) is 37.2 Å². The third kappa shape index (κ3) is 2.86. The molecule has 0 N–H and O–H groups in total. The molecular formula is C10H17NO4. The van der Waals surface area contributed by atoms with E-state index in [0.717, 1.165) is 0 Å². The van der Waals surface area contributed by atoms with Gasteiger partial charge < -0.3 is 14.2 Å². The van der Waals surface area contributed by atoms with Crippen LogP contribution in [0.1, 0.15) is 12.8 Å². The molecule has 5 nitrogen and oxygen atoms in total. The molecule has 0 saturated heterocycles. The molecule has 0 aromatic rings. The molecule has 1 aliphatic carbocycles. The topological polar surface area (TPSA) is 57.1 Å². The fourth-order valence-electron chi connectivity index (χ4n) is 2.03. The summed E-state index contributed by atoms with van der Waals surface area (Å²) in [7, 11) is 4.88. The van der Waals surface area contributed by atoms with Crippen LogP contribution < -0.4 is 0 Å². The zero-order valence-corrected chi connectivity index (χ0v) is 9.30. The van der Waals surface area contributed by atoms with Gasteiger partial charge in [0.2, 0.25) is 6.08 Å². The van der Waals surface area contributed by atoms with E-state index >= 15 is 0 Å². The average Bonchev–Trinajstić information content (AvgIpc) is 2.28. The molecule has 0 aromatic heterocycles. The van der Waals surface area contributed by atoms with Gasteiger partial charge in [-0.25, -0.2) is 4.79 Å². The minimum atomic E-state index is -0.177. The van der Waals surface area contributed by atoms with Crippen molar-refractivity contribution >= 4 is 6.08 Å². The van der Waals surface area contributed by atoms with Gasteiger partial charge in [-0.1, -0.05) is 0 Å². The summed E-state index contributed by atoms with van der Waals surface area (Å²) in [4.78, 5) is 14.0. The van der Waals surface area contributed by atoms with Crippen molar-refractivity contribution in [3.63, 3.8) is 0 Å². The number of rotatable bonds is 4. The molecule has 5 heteroatoms. The smallest absolute Gasteiger partial charge is 0.235 e. The first-order valence-corrected chi connectivity index (χ1v) is 4.92. The third-order valence-electron chi connectivity index (χ3n) is 2.91. The second-order valence-electron chi connectivity index (χ2n) is 3.58. The maximum absolute atomic E-state index is 10.3. The number of methoxy groups -OCH3 is 3. The summed E-state index contributed by atoms with van der Waals surface area (Å²) in [6.45, 7) is 0. The van der Waals surface area contributed by atoms with Gasteiger partial charge in [0.25, 0.3) is 0 Å². The fraction of sp³-hybridized carbons (Fsp3) is 0.900. The number of ether oxygens (including phenoxy) is 3. The van der Waals surface area contributed by atoms with E-state index in [1.54, 1.807) is 27.4 Å². The highest BCUT2D eigenvalue weighted by atomic mass is 16.5. The lowest BCUT2D eigenvalue weighted by molar-refractivity contribution is -0.100. The Bertz CT molecular complexity index is 240. The Kier molecular flexibility index (Phi) is 4.91. The monoisotopic (exact) mass is 215 g/mol. The summed E-state index contributed by atoms with van der Waals surface area (Å²) < 4.78 is 15.9. The van der Waals surface area contributed by atoms with Crippen LogP contribution in [0.5, 0.6) is 0 Å². The first-order valence-electron chi connectivity index (χ1n) is 4.92. The number of hydrogen-bond donors (Lipinski definition) is 0. The molecule has 4 atom stereocenters. The zero-order valence-electron chi connectivity index (χ0n) is 9.30. The van der Waals surface area contributed by atoms with E-state index in [1.165, 1.54) is 0 Å². The number of hydrogen-bond acceptors (Lipinski definition) is 5. The van der Waals surface area contributed by atoms with E-state index in [2.05, 4.69) is 4.99 Å². The second kappa shape index (κ2) is 5.98. The van der Waals surface area contributed by atoms with Crippen molar-refractivity contribution in [1.82, 2.24) is 0 Å². The number of aliphatic imine (C=N–C) groups is 1. The molecular weight excluding hydrogens is 198 g/mol. The van der Waals surface area contributed by atoms with Crippen molar-refractivity contribution in [2.24, 2.45) is 4.99 Å². The molecule has 1 saturated carbocycles. The Labute approximate surface area is 89.4 Å². The molecule has 0 aliphatic heterocycles. The molecule has 86 valence electrons. The van der Waals surface area contributed by atoms with Crippen LogP contribution in [-0.2, 0) is 19.0 Å². The summed E-state index contributed by atoms with van der Waals surface area (Å²) in [5, 5.41) is 0. The van der Waals surface area contributed by atoms with Crippen molar-refractivity contribution < 1.29 is 19.0 Å². The first-order chi connectivity index (χ1) is 7.26. The Morgan fingerprint density at radius 1 is 1.00 bits per heavy atom. The van der Waals surface area contributed by atoms with Crippen molar-refractivity contribution in [3.05, 3.63) is 0 Å². The van der Waals surface area contributed by atoms with Gasteiger partial charge in [-0.05, 0) is 0 Å². The highest BCUT2D eigenvalue weighted by molar-refractivity contribution is 5.34. The number of carbonyl (C=O) groups excluding carboxylic acids is 1. The molecule has 0 aromatic carbocycles. The van der Waals surface area contributed by atoms with Crippen LogP contribution >= 0.6 is 0 Å². The summed E-state index contributed by atoms with van der Waals surface area (Å²) in [6, 6.07) is -0.177. The molecule has 0 spiro atoms. The lowest BCUT2D eigenvalue weighted by atomic mass is 9.88. The summed E-state index contributed by atoms with van der Waals surface area (Å²) in [5.74, 6) is 0. The summed E-state index contributed by atoms with van der Waals surface area (Å²) in [5.41, 5.74) is 0. The van der Waals surface area contributed by atoms with Gasteiger partial charge in [0.1, 0.15) is 0 Å². The SMILES string of the molecule is COC1CC(OC)C(OC)CC1N=C=O. The van der Waals surface area contributed by atoms with Crippen LogP contribution in [0, 0.1) is 0 Å². The fourth-order valence-corrected chi connectivity index (χ4v) is 2.03. The van der Waals surface area contributed by atoms with E-state index < -0.39 is 0 Å². The number of nitrogens with zero attached hydrogens (tertiary/aromatic N) is 1. The standard InChI is InChI=1S/C10H17NO4/c1-13-8-5-10(15-3)9(14-2)4-7(8)11-6-12/h7-10H,4-5H2,1-3H3. The Hall–Kier alpha value is -0.740. The van der Waals surface area contributed by atoms with E-state index in [1.807, 2.05) is 0 Å². The van der Waals surface area contributed by atoms with Gasteiger partial charge in [0, 0.05) is 34.2 Å². The average molecular weight is 215 g/mol. The largest absolute Gasteiger partial charge is 0.379 e. The van der Waals surface area contributed by atoms with E-state index in [9.17, 15) is 4.79 Å². The normalized spacial score (nSPS) is 35.9. The van der Waals surface area contributed by atoms with Crippen molar-refractivity contribution in [2.75, 3.05) is 21.3 Å². The summed E-state index contributed by atoms with van der Waals surface area (Å²) in [6.07, 6.45) is 2.75. The molecule has 15 heavy (non-hydrogen) atoms. The Morgan fingerprint density at radius 3 is 2.00 bits per heavy atom. The van der Waals surface area contributed by atoms with E-state index in [4.69, 9.17) is 14.2 Å². The molecule has 1 rings (SSSR count). The maximum atomic E-state index is 10.3. The van der Waals surface area contributed by atoms with E-state index in [-0.39, 0.29) is 24.4 Å². The van der Waals surface area contributed by atoms with Crippen molar-refractivity contribution in [3.8, 4) is 0 Å². The van der Waals surface area contributed by atoms with Crippen LogP contribution in [0.3, 0.4) is 0 Å². The Balaban J connectivity index is 2.71. The Morgan fingerprint density at radius 2 is 1.53 bits per heavy atom. The van der Waals surface area contributed by atoms with Crippen LogP contribution in [-0.4, -0.2) is 51.8 Å². The maximum Gasteiger partial charge on any atom is 0.235 e. The van der Waals surface area contributed by atoms with Gasteiger partial charge in [0.15, 0.2) is 0 Å². The number of isocyanates is 1. The second-order valence-corrected chi connectivity index (χ2v) is 3.58. The molecule has 0 heterocycles. The quantitative estimate of drug-likeness (QED) is 0.507. The molecule has 1 fully saturated rings. The zero-order chi connectivity index (χ0) is 11.3. The lowest BCUT2D eigenvalue weighted by Crippen LogP contribution is -2.46. The van der Waals surface area contributed by atoms with E-state index in [0.29, 0.717) is 12.8 Å². The highest BCUT2D eigenvalue weighted by Crippen LogP contribution is 2.27. The predicted octanol–water partition coefficient (Wildman–Crippen LogP) is 0.530. The molecule has 1 aliphatic rings. The van der Waals surface area contributed by atoms with Crippen LogP contribution in [0.25, 0.3) is 0 Å². The lowest BCUT2D eigenvalue weighted by Gasteiger charge is -2.36. The minimum absolute atomic E-state index is 0.00180. The van der Waals surface area contributed by atoms with Gasteiger partial charge in [0.05, 0.1) is 24.4 Å². The van der Waals surface area contributed by atoms with Gasteiger partial charge in [-0.3, -0.25) is 0 Å². The van der Waals surface area contributed by atoms with Gasteiger partial charge >= 0.3 is 0 Å². The predicted molar refractivity (Wildman–Crippen MR) is 53.5 cm³/mol.